The second-order valence-electron chi connectivity index (χ2n) is 9.17. The van der Waals surface area contributed by atoms with Gasteiger partial charge >= 0.3 is 0 Å². The fourth-order valence-electron chi connectivity index (χ4n) is 4.62. The van der Waals surface area contributed by atoms with E-state index in [4.69, 9.17) is 25.8 Å². The molecule has 1 saturated heterocycles. The molecule has 3 aromatic rings. The Morgan fingerprint density at radius 2 is 1.74 bits per heavy atom. The lowest BCUT2D eigenvalue weighted by Crippen LogP contribution is -2.46. The SMILES string of the molecule is Cc1cc(O[C@H](CCN2CCN(Cc3ccc4c(c3)OCO4)CC2)c2cccc(F)c2)ccc1Cl. The van der Waals surface area contributed by atoms with Gasteiger partial charge in [-0.25, -0.2) is 4.39 Å². The van der Waals surface area contributed by atoms with E-state index in [1.807, 2.05) is 37.3 Å². The van der Waals surface area contributed by atoms with Crippen LogP contribution in [0.3, 0.4) is 0 Å². The van der Waals surface area contributed by atoms with E-state index in [0.29, 0.717) is 11.8 Å². The zero-order chi connectivity index (χ0) is 24.2. The van der Waals surface area contributed by atoms with Gasteiger partial charge in [0.15, 0.2) is 11.5 Å². The topological polar surface area (TPSA) is 34.2 Å². The Balaban J connectivity index is 1.17. The smallest absolute Gasteiger partial charge is 0.231 e. The molecule has 0 aromatic heterocycles. The third-order valence-electron chi connectivity index (χ3n) is 6.64. The summed E-state index contributed by atoms with van der Waals surface area (Å²) in [4.78, 5) is 4.92. The van der Waals surface area contributed by atoms with E-state index in [1.165, 1.54) is 11.6 Å². The Bertz CT molecular complexity index is 1170. The van der Waals surface area contributed by atoms with Crippen molar-refractivity contribution in [2.75, 3.05) is 39.5 Å². The van der Waals surface area contributed by atoms with Crippen molar-refractivity contribution in [2.24, 2.45) is 0 Å². The van der Waals surface area contributed by atoms with Crippen molar-refractivity contribution in [3.05, 3.63) is 88.2 Å². The monoisotopic (exact) mass is 496 g/mol. The predicted molar refractivity (Wildman–Crippen MR) is 135 cm³/mol. The molecule has 2 heterocycles. The highest BCUT2D eigenvalue weighted by Gasteiger charge is 2.21. The molecule has 2 aliphatic heterocycles. The van der Waals surface area contributed by atoms with Crippen molar-refractivity contribution < 1.29 is 18.6 Å². The van der Waals surface area contributed by atoms with Crippen LogP contribution in [-0.4, -0.2) is 49.3 Å². The normalized spacial score (nSPS) is 16.9. The van der Waals surface area contributed by atoms with Gasteiger partial charge < -0.3 is 19.1 Å². The molecule has 1 atom stereocenters. The van der Waals surface area contributed by atoms with Gasteiger partial charge in [-0.05, 0) is 66.1 Å². The molecule has 5 nitrogen and oxygen atoms in total. The van der Waals surface area contributed by atoms with Gasteiger partial charge in [-0.3, -0.25) is 4.90 Å². The average Bonchev–Trinajstić information content (AvgIpc) is 3.33. The van der Waals surface area contributed by atoms with Gasteiger partial charge in [0.1, 0.15) is 17.7 Å². The number of nitrogens with zero attached hydrogens (tertiary/aromatic N) is 2. The largest absolute Gasteiger partial charge is 0.486 e. The molecule has 184 valence electrons. The molecule has 2 aliphatic rings. The van der Waals surface area contributed by atoms with E-state index in [0.717, 1.165) is 74.1 Å². The van der Waals surface area contributed by atoms with Crippen molar-refractivity contribution >= 4 is 11.6 Å². The van der Waals surface area contributed by atoms with E-state index < -0.39 is 0 Å². The molecule has 0 aliphatic carbocycles. The molecule has 7 heteroatoms. The number of ether oxygens (including phenoxy) is 3. The van der Waals surface area contributed by atoms with Crippen molar-refractivity contribution in [2.45, 2.75) is 26.0 Å². The minimum atomic E-state index is -0.250. The first-order chi connectivity index (χ1) is 17.0. The minimum Gasteiger partial charge on any atom is -0.486 e. The number of fused-ring (bicyclic) bond motifs is 1. The fraction of sp³-hybridized carbons (Fsp3) is 0.357. The highest BCUT2D eigenvalue weighted by molar-refractivity contribution is 6.31. The number of aryl methyl sites for hydroxylation is 1. The number of hydrogen-bond acceptors (Lipinski definition) is 5. The first-order valence-electron chi connectivity index (χ1n) is 12.0. The molecule has 35 heavy (non-hydrogen) atoms. The standard InChI is InChI=1S/C28H30ClFN2O3/c1-20-15-24(6-7-25(20)29)35-26(22-3-2-4-23(30)17-22)9-10-31-11-13-32(14-12-31)18-21-5-8-27-28(16-21)34-19-33-27/h2-8,15-17,26H,9-14,18-19H2,1H3/t26-/m1/s1. The van der Waals surface area contributed by atoms with Crippen molar-refractivity contribution in [1.29, 1.82) is 0 Å². The molecule has 0 amide bonds. The van der Waals surface area contributed by atoms with Crippen LogP contribution in [0.15, 0.2) is 60.7 Å². The molecule has 0 radical (unpaired) electrons. The van der Waals surface area contributed by atoms with Crippen LogP contribution in [0.5, 0.6) is 17.2 Å². The predicted octanol–water partition coefficient (Wildman–Crippen LogP) is 5.84. The molecular weight excluding hydrogens is 467 g/mol. The van der Waals surface area contributed by atoms with Crippen LogP contribution < -0.4 is 14.2 Å². The molecule has 0 bridgehead atoms. The fourth-order valence-corrected chi connectivity index (χ4v) is 4.74. The summed E-state index contributed by atoms with van der Waals surface area (Å²) < 4.78 is 31.2. The van der Waals surface area contributed by atoms with Crippen molar-refractivity contribution in [1.82, 2.24) is 9.80 Å². The summed E-state index contributed by atoms with van der Waals surface area (Å²) in [5.41, 5.74) is 3.04. The summed E-state index contributed by atoms with van der Waals surface area (Å²) in [7, 11) is 0. The quantitative estimate of drug-likeness (QED) is 0.391. The van der Waals surface area contributed by atoms with E-state index in [-0.39, 0.29) is 11.9 Å². The van der Waals surface area contributed by atoms with Crippen LogP contribution >= 0.6 is 11.6 Å². The molecule has 0 unspecified atom stereocenters. The maximum absolute atomic E-state index is 14.0. The lowest BCUT2D eigenvalue weighted by Gasteiger charge is -2.35. The summed E-state index contributed by atoms with van der Waals surface area (Å²) in [6.07, 6.45) is 0.533. The Morgan fingerprint density at radius 1 is 0.943 bits per heavy atom. The number of halogens is 2. The lowest BCUT2D eigenvalue weighted by atomic mass is 10.1. The summed E-state index contributed by atoms with van der Waals surface area (Å²) in [5.74, 6) is 2.15. The Kier molecular flexibility index (Phi) is 7.42. The van der Waals surface area contributed by atoms with E-state index in [2.05, 4.69) is 21.9 Å². The van der Waals surface area contributed by atoms with Gasteiger partial charge in [-0.1, -0.05) is 29.8 Å². The molecule has 1 fully saturated rings. The van der Waals surface area contributed by atoms with Crippen LogP contribution in [0.2, 0.25) is 5.02 Å². The van der Waals surface area contributed by atoms with Crippen LogP contribution in [0.4, 0.5) is 4.39 Å². The first-order valence-corrected chi connectivity index (χ1v) is 12.4. The number of piperazine rings is 1. The van der Waals surface area contributed by atoms with E-state index in [1.54, 1.807) is 12.1 Å². The zero-order valence-corrected chi connectivity index (χ0v) is 20.6. The maximum Gasteiger partial charge on any atom is 0.231 e. The highest BCUT2D eigenvalue weighted by atomic mass is 35.5. The number of benzene rings is 3. The van der Waals surface area contributed by atoms with Crippen LogP contribution in [0.25, 0.3) is 0 Å². The van der Waals surface area contributed by atoms with Gasteiger partial charge in [-0.15, -0.1) is 0 Å². The van der Waals surface area contributed by atoms with Crippen molar-refractivity contribution in [3.63, 3.8) is 0 Å². The first kappa shape index (κ1) is 23.9. The van der Waals surface area contributed by atoms with E-state index in [9.17, 15) is 4.39 Å². The molecule has 0 N–H and O–H groups in total. The summed E-state index contributed by atoms with van der Waals surface area (Å²) >= 11 is 6.18. The molecule has 0 saturated carbocycles. The molecule has 0 spiro atoms. The van der Waals surface area contributed by atoms with Gasteiger partial charge in [0.25, 0.3) is 0 Å². The third kappa shape index (κ3) is 6.07. The lowest BCUT2D eigenvalue weighted by molar-refractivity contribution is 0.106. The minimum absolute atomic E-state index is 0.238. The van der Waals surface area contributed by atoms with Gasteiger partial charge in [0.2, 0.25) is 6.79 Å². The summed E-state index contributed by atoms with van der Waals surface area (Å²) in [6.45, 7) is 8.00. The van der Waals surface area contributed by atoms with E-state index >= 15 is 0 Å². The zero-order valence-electron chi connectivity index (χ0n) is 19.9. The van der Waals surface area contributed by atoms with Crippen molar-refractivity contribution in [3.8, 4) is 17.2 Å². The highest BCUT2D eigenvalue weighted by Crippen LogP contribution is 2.33. The van der Waals surface area contributed by atoms with Gasteiger partial charge in [-0.2, -0.15) is 0 Å². The Morgan fingerprint density at radius 3 is 2.54 bits per heavy atom. The maximum atomic E-state index is 14.0. The molecular formula is C28H30ClFN2O3. The van der Waals surface area contributed by atoms with Gasteiger partial charge in [0, 0.05) is 50.7 Å². The molecule has 5 rings (SSSR count). The third-order valence-corrected chi connectivity index (χ3v) is 7.07. The number of rotatable bonds is 8. The van der Waals surface area contributed by atoms with Crippen LogP contribution in [0, 0.1) is 12.7 Å². The van der Waals surface area contributed by atoms with Gasteiger partial charge in [0.05, 0.1) is 0 Å². The Labute approximate surface area is 211 Å². The number of hydrogen-bond donors (Lipinski definition) is 0. The second kappa shape index (κ2) is 10.9. The summed E-state index contributed by atoms with van der Waals surface area (Å²) in [5, 5.41) is 0.707. The Hall–Kier alpha value is -2.80. The summed E-state index contributed by atoms with van der Waals surface area (Å²) in [6, 6.07) is 18.5. The van der Waals surface area contributed by atoms with Crippen LogP contribution in [-0.2, 0) is 6.54 Å². The second-order valence-corrected chi connectivity index (χ2v) is 9.57. The average molecular weight is 497 g/mol. The van der Waals surface area contributed by atoms with Crippen LogP contribution in [0.1, 0.15) is 29.2 Å². The molecule has 3 aromatic carbocycles.